The molecule has 2 atom stereocenters. The molecule has 0 radical (unpaired) electrons. The molecule has 2 unspecified atom stereocenters. The molecule has 0 amide bonds. The molecule has 0 spiro atoms. The first-order valence-electron chi connectivity index (χ1n) is 6.38. The van der Waals surface area contributed by atoms with Crippen molar-refractivity contribution >= 4 is 23.2 Å². The quantitative estimate of drug-likeness (QED) is 0.852. The summed E-state index contributed by atoms with van der Waals surface area (Å²) in [4.78, 5) is 0. The lowest BCUT2D eigenvalue weighted by atomic mass is 9.97. The average molecular weight is 288 g/mol. The Kier molecular flexibility index (Phi) is 4.91. The summed E-state index contributed by atoms with van der Waals surface area (Å²) in [6.45, 7) is 2.96. The largest absolute Gasteiger partial charge is 0.379 e. The topological polar surface area (TPSA) is 21.3 Å². The lowest BCUT2D eigenvalue weighted by Gasteiger charge is -2.28. The Bertz CT molecular complexity index is 407. The van der Waals surface area contributed by atoms with E-state index in [-0.39, 0.29) is 12.1 Å². The van der Waals surface area contributed by atoms with Gasteiger partial charge < -0.3 is 10.1 Å². The van der Waals surface area contributed by atoms with Gasteiger partial charge in [-0.2, -0.15) is 0 Å². The first-order chi connectivity index (χ1) is 8.67. The maximum atomic E-state index is 6.30. The minimum absolute atomic E-state index is 0.110. The number of hydrogen-bond acceptors (Lipinski definition) is 2. The van der Waals surface area contributed by atoms with Crippen LogP contribution in [0.1, 0.15) is 31.4 Å². The van der Waals surface area contributed by atoms with Crippen LogP contribution in [0.3, 0.4) is 0 Å². The van der Waals surface area contributed by atoms with Gasteiger partial charge >= 0.3 is 0 Å². The summed E-state index contributed by atoms with van der Waals surface area (Å²) < 4.78 is 5.67. The minimum atomic E-state index is 0.110. The maximum Gasteiger partial charge on any atom is 0.0794 e. The lowest BCUT2D eigenvalue weighted by molar-refractivity contribution is 0.0512. The van der Waals surface area contributed by atoms with Gasteiger partial charge in [0, 0.05) is 17.2 Å². The number of benzene rings is 1. The summed E-state index contributed by atoms with van der Waals surface area (Å²) in [5.74, 6) is 0.633. The van der Waals surface area contributed by atoms with Gasteiger partial charge in [-0.25, -0.2) is 0 Å². The van der Waals surface area contributed by atoms with Crippen molar-refractivity contribution < 1.29 is 4.74 Å². The Hall–Kier alpha value is -0.280. The minimum Gasteiger partial charge on any atom is -0.379 e. The van der Waals surface area contributed by atoms with E-state index in [0.717, 1.165) is 17.1 Å². The molecule has 1 saturated carbocycles. The smallest absolute Gasteiger partial charge is 0.0794 e. The van der Waals surface area contributed by atoms with Crippen LogP contribution in [0.2, 0.25) is 10.0 Å². The molecule has 0 heterocycles. The second-order valence-electron chi connectivity index (χ2n) is 4.74. The second-order valence-corrected chi connectivity index (χ2v) is 5.58. The first-order valence-corrected chi connectivity index (χ1v) is 7.14. The molecule has 1 aromatic rings. The molecule has 1 aliphatic carbocycles. The summed E-state index contributed by atoms with van der Waals surface area (Å²) >= 11 is 12.4. The van der Waals surface area contributed by atoms with Gasteiger partial charge in [0.2, 0.25) is 0 Å². The molecule has 100 valence electrons. The zero-order valence-electron chi connectivity index (χ0n) is 10.7. The number of hydrogen-bond donors (Lipinski definition) is 1. The Morgan fingerprint density at radius 3 is 2.67 bits per heavy atom. The van der Waals surface area contributed by atoms with Crippen molar-refractivity contribution in [3.8, 4) is 0 Å². The van der Waals surface area contributed by atoms with Gasteiger partial charge in [0.1, 0.15) is 0 Å². The van der Waals surface area contributed by atoms with Crippen LogP contribution in [-0.4, -0.2) is 19.8 Å². The van der Waals surface area contributed by atoms with E-state index in [1.165, 1.54) is 12.8 Å². The van der Waals surface area contributed by atoms with Crippen LogP contribution in [0.4, 0.5) is 0 Å². The third-order valence-corrected chi connectivity index (χ3v) is 3.98. The zero-order valence-corrected chi connectivity index (χ0v) is 12.3. The molecule has 1 N–H and O–H groups in total. The SMILES string of the molecule is CCNC(c1cc(Cl)ccc1Cl)C(OC)C1CC1. The monoisotopic (exact) mass is 287 g/mol. The van der Waals surface area contributed by atoms with Gasteiger partial charge in [-0.05, 0) is 49.1 Å². The number of methoxy groups -OCH3 is 1. The number of nitrogens with one attached hydrogen (secondary N) is 1. The Balaban J connectivity index is 2.30. The van der Waals surface area contributed by atoms with Crippen LogP contribution in [0.15, 0.2) is 18.2 Å². The predicted molar refractivity (Wildman–Crippen MR) is 76.4 cm³/mol. The normalized spacial score (nSPS) is 18.7. The van der Waals surface area contributed by atoms with Crippen molar-refractivity contribution in [1.29, 1.82) is 0 Å². The fourth-order valence-corrected chi connectivity index (χ4v) is 2.82. The molecule has 0 aromatic heterocycles. The molecule has 0 aliphatic heterocycles. The average Bonchev–Trinajstić information content (AvgIpc) is 3.17. The van der Waals surface area contributed by atoms with E-state index in [9.17, 15) is 0 Å². The first kappa shape index (κ1) is 14.1. The van der Waals surface area contributed by atoms with Gasteiger partial charge in [0.25, 0.3) is 0 Å². The van der Waals surface area contributed by atoms with E-state index in [4.69, 9.17) is 27.9 Å². The maximum absolute atomic E-state index is 6.30. The van der Waals surface area contributed by atoms with Crippen LogP contribution in [0, 0.1) is 5.92 Å². The lowest BCUT2D eigenvalue weighted by Crippen LogP contribution is -2.35. The van der Waals surface area contributed by atoms with Crippen molar-refractivity contribution in [2.45, 2.75) is 31.9 Å². The number of ether oxygens (including phenoxy) is 1. The number of likely N-dealkylation sites (N-methyl/N-ethyl adjacent to an activating group) is 1. The standard InChI is InChI=1S/C14H19Cl2NO/c1-3-17-13(14(18-2)9-4-5-9)11-8-10(15)6-7-12(11)16/h6-9,13-14,17H,3-5H2,1-2H3. The van der Waals surface area contributed by atoms with E-state index < -0.39 is 0 Å². The highest BCUT2D eigenvalue weighted by Crippen LogP contribution is 2.41. The van der Waals surface area contributed by atoms with E-state index >= 15 is 0 Å². The molecule has 1 fully saturated rings. The molecule has 0 bridgehead atoms. The van der Waals surface area contributed by atoms with E-state index in [1.807, 2.05) is 18.2 Å². The highest BCUT2D eigenvalue weighted by molar-refractivity contribution is 6.33. The van der Waals surface area contributed by atoms with Crippen molar-refractivity contribution in [3.63, 3.8) is 0 Å². The van der Waals surface area contributed by atoms with Crippen LogP contribution in [0.5, 0.6) is 0 Å². The van der Waals surface area contributed by atoms with Crippen molar-refractivity contribution in [3.05, 3.63) is 33.8 Å². The van der Waals surface area contributed by atoms with Gasteiger partial charge in [0.15, 0.2) is 0 Å². The molecular formula is C14H19Cl2NO. The molecule has 1 aromatic carbocycles. The van der Waals surface area contributed by atoms with Gasteiger partial charge in [-0.3, -0.25) is 0 Å². The Labute approximate surface area is 119 Å². The van der Waals surface area contributed by atoms with Crippen LogP contribution in [0.25, 0.3) is 0 Å². The Morgan fingerprint density at radius 2 is 2.11 bits per heavy atom. The predicted octanol–water partition coefficient (Wildman–Crippen LogP) is 4.07. The van der Waals surface area contributed by atoms with Gasteiger partial charge in [-0.15, -0.1) is 0 Å². The summed E-state index contributed by atoms with van der Waals surface area (Å²) in [6, 6.07) is 5.71. The third-order valence-electron chi connectivity index (χ3n) is 3.40. The molecule has 2 rings (SSSR count). The van der Waals surface area contributed by atoms with Crippen molar-refractivity contribution in [2.24, 2.45) is 5.92 Å². The molecule has 2 nitrogen and oxygen atoms in total. The summed E-state index contributed by atoms with van der Waals surface area (Å²) in [5, 5.41) is 4.93. The van der Waals surface area contributed by atoms with E-state index in [2.05, 4.69) is 12.2 Å². The van der Waals surface area contributed by atoms with E-state index in [1.54, 1.807) is 7.11 Å². The highest BCUT2D eigenvalue weighted by Gasteiger charge is 2.37. The molecule has 18 heavy (non-hydrogen) atoms. The van der Waals surface area contributed by atoms with Crippen LogP contribution < -0.4 is 5.32 Å². The molecule has 1 aliphatic rings. The molecule has 4 heteroatoms. The van der Waals surface area contributed by atoms with Crippen molar-refractivity contribution in [1.82, 2.24) is 5.32 Å². The van der Waals surface area contributed by atoms with Crippen molar-refractivity contribution in [2.75, 3.05) is 13.7 Å². The summed E-state index contributed by atoms with van der Waals surface area (Å²) in [5.41, 5.74) is 1.03. The van der Waals surface area contributed by atoms with Crippen LogP contribution in [-0.2, 0) is 4.74 Å². The second kappa shape index (κ2) is 6.25. The zero-order chi connectivity index (χ0) is 13.1. The van der Waals surface area contributed by atoms with Crippen LogP contribution >= 0.6 is 23.2 Å². The highest BCUT2D eigenvalue weighted by atomic mass is 35.5. The molecule has 0 saturated heterocycles. The van der Waals surface area contributed by atoms with E-state index in [0.29, 0.717) is 10.9 Å². The van der Waals surface area contributed by atoms with Gasteiger partial charge in [-0.1, -0.05) is 30.1 Å². The number of rotatable bonds is 6. The molecular weight excluding hydrogens is 269 g/mol. The summed E-state index contributed by atoms with van der Waals surface area (Å²) in [7, 11) is 1.77. The summed E-state index contributed by atoms with van der Waals surface area (Å²) in [6.07, 6.45) is 2.64. The Morgan fingerprint density at radius 1 is 1.39 bits per heavy atom. The van der Waals surface area contributed by atoms with Gasteiger partial charge in [0.05, 0.1) is 12.1 Å². The fraction of sp³-hybridized carbons (Fsp3) is 0.571. The number of halogens is 2. The third kappa shape index (κ3) is 3.18. The fourth-order valence-electron chi connectivity index (χ4n) is 2.40.